The van der Waals surface area contributed by atoms with Crippen LogP contribution in [0.15, 0.2) is 24.3 Å². The van der Waals surface area contributed by atoms with Crippen LogP contribution in [0.3, 0.4) is 0 Å². The van der Waals surface area contributed by atoms with Gasteiger partial charge >= 0.3 is 5.97 Å². The molecule has 6 nitrogen and oxygen atoms in total. The predicted octanol–water partition coefficient (Wildman–Crippen LogP) is 3.52. The molecule has 1 atom stereocenters. The smallest absolute Gasteiger partial charge is 0.356 e. The summed E-state index contributed by atoms with van der Waals surface area (Å²) in [7, 11) is 0. The molecule has 6 heteroatoms. The van der Waals surface area contributed by atoms with Crippen LogP contribution in [0.5, 0.6) is 5.75 Å². The molecule has 2 heterocycles. The van der Waals surface area contributed by atoms with Crippen molar-refractivity contribution in [3.63, 3.8) is 0 Å². The standard InChI is InChI=1S/C19H24N2O4/c1-3-24-16-10-5-4-9-15(16)18-20-17(19(22)23)13(2)21(18)12-14-8-6-7-11-25-14/h4-5,9-10,14H,3,6-8,11-12H2,1-2H3,(H,22,23). The Balaban J connectivity index is 2.05. The number of hydrogen-bond donors (Lipinski definition) is 1. The van der Waals surface area contributed by atoms with Gasteiger partial charge in [0.1, 0.15) is 11.6 Å². The minimum absolute atomic E-state index is 0.0807. The van der Waals surface area contributed by atoms with Crippen molar-refractivity contribution < 1.29 is 19.4 Å². The number of para-hydroxylation sites is 1. The van der Waals surface area contributed by atoms with Gasteiger partial charge in [-0.3, -0.25) is 0 Å². The molecule has 25 heavy (non-hydrogen) atoms. The number of ether oxygens (including phenoxy) is 2. The third kappa shape index (κ3) is 3.69. The first-order valence-electron chi connectivity index (χ1n) is 8.76. The highest BCUT2D eigenvalue weighted by molar-refractivity contribution is 5.88. The molecule has 2 aromatic rings. The Morgan fingerprint density at radius 3 is 2.88 bits per heavy atom. The number of benzene rings is 1. The fourth-order valence-corrected chi connectivity index (χ4v) is 3.25. The molecule has 1 saturated heterocycles. The van der Waals surface area contributed by atoms with Gasteiger partial charge in [0.05, 0.1) is 24.8 Å². The first kappa shape index (κ1) is 17.5. The van der Waals surface area contributed by atoms with Crippen LogP contribution in [0.25, 0.3) is 11.4 Å². The molecule has 1 N–H and O–H groups in total. The summed E-state index contributed by atoms with van der Waals surface area (Å²) in [5, 5.41) is 9.49. The third-order valence-electron chi connectivity index (χ3n) is 4.51. The molecule has 1 fully saturated rings. The van der Waals surface area contributed by atoms with E-state index in [-0.39, 0.29) is 11.8 Å². The third-order valence-corrected chi connectivity index (χ3v) is 4.51. The van der Waals surface area contributed by atoms with Crippen LogP contribution < -0.4 is 4.74 Å². The topological polar surface area (TPSA) is 73.6 Å². The first-order chi connectivity index (χ1) is 12.1. The lowest BCUT2D eigenvalue weighted by Crippen LogP contribution is -2.25. The van der Waals surface area contributed by atoms with E-state index in [1.807, 2.05) is 35.8 Å². The normalized spacial score (nSPS) is 17.4. The molecular formula is C19H24N2O4. The maximum absolute atomic E-state index is 11.6. The first-order valence-corrected chi connectivity index (χ1v) is 8.76. The second-order valence-electron chi connectivity index (χ2n) is 6.20. The van der Waals surface area contributed by atoms with Crippen molar-refractivity contribution in [3.05, 3.63) is 35.7 Å². The summed E-state index contributed by atoms with van der Waals surface area (Å²) in [5.74, 6) is 0.307. The summed E-state index contributed by atoms with van der Waals surface area (Å²) < 4.78 is 13.5. The van der Waals surface area contributed by atoms with Crippen molar-refractivity contribution in [1.29, 1.82) is 0 Å². The summed E-state index contributed by atoms with van der Waals surface area (Å²) in [6, 6.07) is 7.60. The molecule has 134 valence electrons. The maximum atomic E-state index is 11.6. The monoisotopic (exact) mass is 344 g/mol. The number of carboxylic acid groups (broad SMARTS) is 1. The molecule has 1 unspecified atom stereocenters. The van der Waals surface area contributed by atoms with Gasteiger partial charge < -0.3 is 19.1 Å². The molecule has 1 aromatic heterocycles. The molecule has 0 radical (unpaired) electrons. The fourth-order valence-electron chi connectivity index (χ4n) is 3.25. The van der Waals surface area contributed by atoms with Crippen LogP contribution in [0, 0.1) is 6.92 Å². The minimum atomic E-state index is -1.02. The second-order valence-corrected chi connectivity index (χ2v) is 6.20. The number of aromatic carboxylic acids is 1. The number of hydrogen-bond acceptors (Lipinski definition) is 4. The molecule has 1 aromatic carbocycles. The lowest BCUT2D eigenvalue weighted by Gasteiger charge is -2.24. The Kier molecular flexibility index (Phi) is 5.38. The number of carboxylic acids is 1. The summed E-state index contributed by atoms with van der Waals surface area (Å²) >= 11 is 0. The van der Waals surface area contributed by atoms with E-state index in [0.29, 0.717) is 30.4 Å². The lowest BCUT2D eigenvalue weighted by molar-refractivity contribution is 0.00591. The van der Waals surface area contributed by atoms with Crippen LogP contribution in [-0.4, -0.2) is 39.9 Å². The Morgan fingerprint density at radius 2 is 2.20 bits per heavy atom. The van der Waals surface area contributed by atoms with E-state index in [4.69, 9.17) is 9.47 Å². The van der Waals surface area contributed by atoms with Gasteiger partial charge in [0, 0.05) is 12.3 Å². The van der Waals surface area contributed by atoms with Gasteiger partial charge in [-0.25, -0.2) is 9.78 Å². The Hall–Kier alpha value is -2.34. The van der Waals surface area contributed by atoms with Gasteiger partial charge in [0.2, 0.25) is 0 Å². The number of nitrogens with zero attached hydrogens (tertiary/aromatic N) is 2. The Morgan fingerprint density at radius 1 is 1.40 bits per heavy atom. The molecule has 0 saturated carbocycles. The fraction of sp³-hybridized carbons (Fsp3) is 0.474. The van der Waals surface area contributed by atoms with E-state index >= 15 is 0 Å². The van der Waals surface area contributed by atoms with Crippen molar-refractivity contribution in [2.75, 3.05) is 13.2 Å². The molecule has 1 aliphatic rings. The quantitative estimate of drug-likeness (QED) is 0.868. The molecule has 3 rings (SSSR count). The highest BCUT2D eigenvalue weighted by Gasteiger charge is 2.24. The largest absolute Gasteiger partial charge is 0.493 e. The molecule has 0 bridgehead atoms. The van der Waals surface area contributed by atoms with Crippen LogP contribution in [0.4, 0.5) is 0 Å². The average Bonchev–Trinajstić information content (AvgIpc) is 2.94. The van der Waals surface area contributed by atoms with E-state index in [0.717, 1.165) is 31.4 Å². The SMILES string of the molecule is CCOc1ccccc1-c1nc(C(=O)O)c(C)n1CC1CCCCO1. The van der Waals surface area contributed by atoms with Crippen LogP contribution >= 0.6 is 0 Å². The van der Waals surface area contributed by atoms with E-state index in [9.17, 15) is 9.90 Å². The van der Waals surface area contributed by atoms with Crippen molar-refractivity contribution in [2.45, 2.75) is 45.8 Å². The van der Waals surface area contributed by atoms with Gasteiger partial charge in [0.25, 0.3) is 0 Å². The second kappa shape index (κ2) is 7.70. The van der Waals surface area contributed by atoms with Crippen molar-refractivity contribution in [2.24, 2.45) is 0 Å². The lowest BCUT2D eigenvalue weighted by atomic mass is 10.1. The summed E-state index contributed by atoms with van der Waals surface area (Å²) in [4.78, 5) is 16.0. The average molecular weight is 344 g/mol. The van der Waals surface area contributed by atoms with Crippen molar-refractivity contribution in [1.82, 2.24) is 9.55 Å². The van der Waals surface area contributed by atoms with Crippen molar-refractivity contribution in [3.8, 4) is 17.1 Å². The zero-order valence-corrected chi connectivity index (χ0v) is 14.7. The number of carbonyl (C=O) groups is 1. The van der Waals surface area contributed by atoms with Crippen LogP contribution in [0.1, 0.15) is 42.4 Å². The van der Waals surface area contributed by atoms with Gasteiger partial charge in [-0.15, -0.1) is 0 Å². The summed E-state index contributed by atoms with van der Waals surface area (Å²) in [5.41, 5.74) is 1.52. The molecular weight excluding hydrogens is 320 g/mol. The van der Waals surface area contributed by atoms with Crippen LogP contribution in [-0.2, 0) is 11.3 Å². The van der Waals surface area contributed by atoms with Crippen LogP contribution in [0.2, 0.25) is 0 Å². The predicted molar refractivity (Wildman–Crippen MR) is 94.1 cm³/mol. The number of aromatic nitrogens is 2. The zero-order chi connectivity index (χ0) is 17.8. The minimum Gasteiger partial charge on any atom is -0.493 e. The maximum Gasteiger partial charge on any atom is 0.356 e. The molecule has 0 spiro atoms. The number of rotatable bonds is 6. The summed E-state index contributed by atoms with van der Waals surface area (Å²) in [6.45, 7) is 5.62. The Labute approximate surface area is 147 Å². The van der Waals surface area contributed by atoms with E-state index < -0.39 is 5.97 Å². The van der Waals surface area contributed by atoms with Gasteiger partial charge in [-0.05, 0) is 45.2 Å². The van der Waals surface area contributed by atoms with E-state index in [1.165, 1.54) is 0 Å². The summed E-state index contributed by atoms with van der Waals surface area (Å²) in [6.07, 6.45) is 3.28. The van der Waals surface area contributed by atoms with Gasteiger partial charge in [-0.2, -0.15) is 0 Å². The highest BCUT2D eigenvalue weighted by Crippen LogP contribution is 2.32. The Bertz CT molecular complexity index is 748. The molecule has 0 aliphatic carbocycles. The van der Waals surface area contributed by atoms with Gasteiger partial charge in [0.15, 0.2) is 5.69 Å². The molecule has 0 amide bonds. The molecule has 1 aliphatic heterocycles. The highest BCUT2D eigenvalue weighted by atomic mass is 16.5. The zero-order valence-electron chi connectivity index (χ0n) is 14.7. The van der Waals surface area contributed by atoms with E-state index in [1.54, 1.807) is 6.92 Å². The number of imidazole rings is 1. The van der Waals surface area contributed by atoms with Crippen molar-refractivity contribution >= 4 is 5.97 Å². The van der Waals surface area contributed by atoms with E-state index in [2.05, 4.69) is 4.98 Å². The van der Waals surface area contributed by atoms with Gasteiger partial charge in [-0.1, -0.05) is 12.1 Å².